The van der Waals surface area contributed by atoms with Crippen LogP contribution in [0.4, 0.5) is 5.69 Å². The number of amides is 3. The van der Waals surface area contributed by atoms with Crippen LogP contribution in [-0.4, -0.2) is 79.6 Å². The molecular weight excluding hydrogens is 420 g/mol. The molecule has 0 bridgehead atoms. The lowest BCUT2D eigenvalue weighted by Gasteiger charge is -2.32. The number of carbonyl (C=O) groups is 4. The van der Waals surface area contributed by atoms with E-state index in [9.17, 15) is 19.2 Å². The first-order valence-corrected chi connectivity index (χ1v) is 11.9. The molecule has 3 saturated heterocycles. The monoisotopic (exact) mass is 452 g/mol. The van der Waals surface area contributed by atoms with E-state index >= 15 is 0 Å². The Morgan fingerprint density at radius 1 is 1.27 bits per heavy atom. The van der Waals surface area contributed by atoms with Crippen LogP contribution in [0.1, 0.15) is 53.3 Å². The normalized spacial score (nSPS) is 31.3. The standard InChI is InChI=1S/C25H32N4O4/c1-25(14-28-11-17-9-18(17)12-28)7-8-29(15-25)19-4-3-16(13-30)20(10-19)24(33)27(2)21-5-6-22(31)26-23(21)32/h3-4,10,13,17-18,21H,5-9,11-12,14-15H2,1-2H3,(H,26,31,32). The van der Waals surface area contributed by atoms with Crippen LogP contribution in [0.25, 0.3) is 0 Å². The lowest BCUT2D eigenvalue weighted by molar-refractivity contribution is -0.136. The highest BCUT2D eigenvalue weighted by Crippen LogP contribution is 2.46. The molecule has 4 aliphatic rings. The Balaban J connectivity index is 1.31. The van der Waals surface area contributed by atoms with Crippen LogP contribution in [0.2, 0.25) is 0 Å². The first-order valence-electron chi connectivity index (χ1n) is 11.9. The number of hydrogen-bond donors (Lipinski definition) is 1. The SMILES string of the molecule is CN(C(=O)c1cc(N2CCC(C)(CN3CC4CC4C3)C2)ccc1C=O)C1CCC(=O)NC1=O. The van der Waals surface area contributed by atoms with Crippen molar-refractivity contribution in [1.29, 1.82) is 0 Å². The Bertz CT molecular complexity index is 1000. The molecule has 1 aliphatic carbocycles. The van der Waals surface area contributed by atoms with E-state index in [1.165, 1.54) is 24.4 Å². The molecule has 0 radical (unpaired) electrons. The first kappa shape index (κ1) is 22.1. The number of likely N-dealkylation sites (tertiary alicyclic amines) is 1. The molecule has 3 amide bonds. The van der Waals surface area contributed by atoms with Crippen molar-refractivity contribution in [2.45, 2.75) is 38.6 Å². The minimum absolute atomic E-state index is 0.194. The molecule has 33 heavy (non-hydrogen) atoms. The summed E-state index contributed by atoms with van der Waals surface area (Å²) >= 11 is 0. The molecule has 5 rings (SSSR count). The number of carbonyl (C=O) groups excluding carboxylic acids is 4. The maximum Gasteiger partial charge on any atom is 0.255 e. The summed E-state index contributed by atoms with van der Waals surface area (Å²) in [7, 11) is 1.55. The smallest absolute Gasteiger partial charge is 0.255 e. The molecular formula is C25H32N4O4. The number of piperidine rings is 2. The van der Waals surface area contributed by atoms with Crippen molar-refractivity contribution in [1.82, 2.24) is 15.1 Å². The minimum Gasteiger partial charge on any atom is -0.371 e. The average molecular weight is 453 g/mol. The number of hydrogen-bond acceptors (Lipinski definition) is 6. The zero-order valence-corrected chi connectivity index (χ0v) is 19.4. The van der Waals surface area contributed by atoms with E-state index in [4.69, 9.17) is 0 Å². The third kappa shape index (κ3) is 4.28. The minimum atomic E-state index is -0.722. The van der Waals surface area contributed by atoms with Crippen LogP contribution in [0.5, 0.6) is 0 Å². The van der Waals surface area contributed by atoms with Crippen molar-refractivity contribution in [2.75, 3.05) is 44.7 Å². The largest absolute Gasteiger partial charge is 0.371 e. The predicted octanol–water partition coefficient (Wildman–Crippen LogP) is 1.54. The fraction of sp³-hybridized carbons (Fsp3) is 0.600. The summed E-state index contributed by atoms with van der Waals surface area (Å²) in [4.78, 5) is 54.9. The van der Waals surface area contributed by atoms with Gasteiger partial charge in [-0.2, -0.15) is 0 Å². The summed E-state index contributed by atoms with van der Waals surface area (Å²) in [5.41, 5.74) is 1.73. The van der Waals surface area contributed by atoms with E-state index in [-0.39, 0.29) is 30.1 Å². The maximum absolute atomic E-state index is 13.3. The maximum atomic E-state index is 13.3. The number of fused-ring (bicyclic) bond motifs is 1. The van der Waals surface area contributed by atoms with Crippen molar-refractivity contribution in [3.63, 3.8) is 0 Å². The fourth-order valence-corrected chi connectivity index (χ4v) is 5.95. The molecule has 4 fully saturated rings. The molecule has 1 saturated carbocycles. The van der Waals surface area contributed by atoms with Gasteiger partial charge in [0.1, 0.15) is 6.04 Å². The van der Waals surface area contributed by atoms with Gasteiger partial charge in [0.2, 0.25) is 11.8 Å². The second-order valence-corrected chi connectivity index (χ2v) is 10.7. The van der Waals surface area contributed by atoms with E-state index in [1.807, 2.05) is 6.07 Å². The summed E-state index contributed by atoms with van der Waals surface area (Å²) < 4.78 is 0. The van der Waals surface area contributed by atoms with Gasteiger partial charge < -0.3 is 14.7 Å². The molecule has 176 valence electrons. The van der Waals surface area contributed by atoms with Crippen molar-refractivity contribution in [2.24, 2.45) is 17.3 Å². The molecule has 0 spiro atoms. The number of anilines is 1. The second-order valence-electron chi connectivity index (χ2n) is 10.7. The lowest BCUT2D eigenvalue weighted by Crippen LogP contribution is -2.53. The van der Waals surface area contributed by atoms with Gasteiger partial charge >= 0.3 is 0 Å². The third-order valence-corrected chi connectivity index (χ3v) is 7.97. The van der Waals surface area contributed by atoms with E-state index in [0.29, 0.717) is 17.4 Å². The number of nitrogens with zero attached hydrogens (tertiary/aromatic N) is 3. The fourth-order valence-electron chi connectivity index (χ4n) is 5.95. The molecule has 3 heterocycles. The van der Waals surface area contributed by atoms with Crippen LogP contribution < -0.4 is 10.2 Å². The number of aldehydes is 1. The van der Waals surface area contributed by atoms with E-state index in [1.54, 1.807) is 19.2 Å². The van der Waals surface area contributed by atoms with E-state index in [2.05, 4.69) is 22.0 Å². The molecule has 1 N–H and O–H groups in total. The van der Waals surface area contributed by atoms with Crippen molar-refractivity contribution >= 4 is 29.7 Å². The zero-order valence-electron chi connectivity index (χ0n) is 19.4. The summed E-state index contributed by atoms with van der Waals surface area (Å²) in [6.07, 6.45) is 3.66. The van der Waals surface area contributed by atoms with Gasteiger partial charge in [0.05, 0.1) is 5.56 Å². The Labute approximate surface area is 194 Å². The number of likely N-dealkylation sites (N-methyl/N-ethyl adjacent to an activating group) is 1. The summed E-state index contributed by atoms with van der Waals surface area (Å²) in [6.45, 7) is 7.75. The number of rotatable bonds is 6. The van der Waals surface area contributed by atoms with Crippen LogP contribution in [0, 0.1) is 17.3 Å². The highest BCUT2D eigenvalue weighted by atomic mass is 16.2. The molecule has 4 atom stereocenters. The lowest BCUT2D eigenvalue weighted by atomic mass is 9.89. The summed E-state index contributed by atoms with van der Waals surface area (Å²) in [5.74, 6) is 0.678. The topological polar surface area (TPSA) is 90.0 Å². The van der Waals surface area contributed by atoms with Gasteiger partial charge in [0.15, 0.2) is 6.29 Å². The van der Waals surface area contributed by atoms with Crippen molar-refractivity contribution < 1.29 is 19.2 Å². The second kappa shape index (κ2) is 8.24. The number of nitrogens with one attached hydrogen (secondary N) is 1. The molecule has 1 aromatic carbocycles. The van der Waals surface area contributed by atoms with Crippen LogP contribution in [0.3, 0.4) is 0 Å². The number of benzene rings is 1. The van der Waals surface area contributed by atoms with E-state index in [0.717, 1.165) is 43.6 Å². The average Bonchev–Trinajstić information content (AvgIpc) is 3.21. The Morgan fingerprint density at radius 2 is 2.03 bits per heavy atom. The highest BCUT2D eigenvalue weighted by Gasteiger charge is 2.47. The Morgan fingerprint density at radius 3 is 2.73 bits per heavy atom. The Hall–Kier alpha value is -2.74. The van der Waals surface area contributed by atoms with Gasteiger partial charge in [-0.05, 0) is 54.7 Å². The summed E-state index contributed by atoms with van der Waals surface area (Å²) in [5, 5.41) is 2.29. The molecule has 8 nitrogen and oxygen atoms in total. The van der Waals surface area contributed by atoms with Gasteiger partial charge in [-0.25, -0.2) is 0 Å². The highest BCUT2D eigenvalue weighted by molar-refractivity contribution is 6.06. The van der Waals surface area contributed by atoms with Gasteiger partial charge in [-0.1, -0.05) is 6.92 Å². The molecule has 3 aliphatic heterocycles. The number of imide groups is 1. The van der Waals surface area contributed by atoms with Gasteiger partial charge in [-0.15, -0.1) is 0 Å². The molecule has 8 heteroatoms. The van der Waals surface area contributed by atoms with Gasteiger partial charge in [0.25, 0.3) is 5.91 Å². The predicted molar refractivity (Wildman–Crippen MR) is 123 cm³/mol. The zero-order chi connectivity index (χ0) is 23.3. The van der Waals surface area contributed by atoms with Crippen molar-refractivity contribution in [3.8, 4) is 0 Å². The van der Waals surface area contributed by atoms with Crippen molar-refractivity contribution in [3.05, 3.63) is 29.3 Å². The first-order chi connectivity index (χ1) is 15.8. The molecule has 0 aromatic heterocycles. The van der Waals surface area contributed by atoms with E-state index < -0.39 is 11.9 Å². The van der Waals surface area contributed by atoms with Gasteiger partial charge in [-0.3, -0.25) is 24.5 Å². The summed E-state index contributed by atoms with van der Waals surface area (Å²) in [6, 6.07) is 4.66. The third-order valence-electron chi connectivity index (χ3n) is 7.97. The van der Waals surface area contributed by atoms with Crippen LogP contribution in [0.15, 0.2) is 18.2 Å². The van der Waals surface area contributed by atoms with Gasteiger partial charge in [0, 0.05) is 57.4 Å². The van der Waals surface area contributed by atoms with Crippen LogP contribution >= 0.6 is 0 Å². The Kier molecular flexibility index (Phi) is 5.51. The quantitative estimate of drug-likeness (QED) is 0.520. The van der Waals surface area contributed by atoms with Crippen LogP contribution in [-0.2, 0) is 9.59 Å². The molecule has 4 unspecified atom stereocenters. The molecule has 1 aromatic rings.